The number of likely N-dealkylation sites (N-methyl/N-ethyl adjacent to an activating group) is 1. The van der Waals surface area contributed by atoms with Crippen LogP contribution in [-0.4, -0.2) is 34.4 Å². The number of aromatic amines is 1. The summed E-state index contributed by atoms with van der Waals surface area (Å²) < 4.78 is 0. The first kappa shape index (κ1) is 17.9. The van der Waals surface area contributed by atoms with Gasteiger partial charge in [0, 0.05) is 39.0 Å². The fourth-order valence-electron chi connectivity index (χ4n) is 3.01. The topological polar surface area (TPSA) is 61.0 Å². The van der Waals surface area contributed by atoms with Crippen LogP contribution in [0.2, 0.25) is 0 Å². The molecule has 5 nitrogen and oxygen atoms in total. The molecule has 0 aliphatic carbocycles. The van der Waals surface area contributed by atoms with E-state index in [-0.39, 0.29) is 11.9 Å². The molecular weight excluding hydrogens is 376 g/mol. The maximum absolute atomic E-state index is 12.4. The highest BCUT2D eigenvalue weighted by molar-refractivity contribution is 7.14. The quantitative estimate of drug-likeness (QED) is 0.483. The van der Waals surface area contributed by atoms with Crippen LogP contribution >= 0.6 is 22.7 Å². The van der Waals surface area contributed by atoms with Crippen molar-refractivity contribution >= 4 is 44.6 Å². The summed E-state index contributed by atoms with van der Waals surface area (Å²) in [5.41, 5.74) is 2.99. The van der Waals surface area contributed by atoms with E-state index in [1.54, 1.807) is 11.3 Å². The lowest BCUT2D eigenvalue weighted by atomic mass is 10.1. The average molecular weight is 397 g/mol. The fourth-order valence-corrected chi connectivity index (χ4v) is 4.58. The Labute approximate surface area is 165 Å². The highest BCUT2D eigenvalue weighted by Crippen LogP contribution is 2.31. The minimum atomic E-state index is -0.0549. The highest BCUT2D eigenvalue weighted by atomic mass is 32.1. The lowest BCUT2D eigenvalue weighted by molar-refractivity contribution is -0.117. The lowest BCUT2D eigenvalue weighted by Gasteiger charge is -2.22. The van der Waals surface area contributed by atoms with Gasteiger partial charge in [-0.1, -0.05) is 24.3 Å². The molecule has 0 fully saturated rings. The van der Waals surface area contributed by atoms with Crippen molar-refractivity contribution in [2.45, 2.75) is 13.0 Å². The molecule has 0 spiro atoms. The lowest BCUT2D eigenvalue weighted by Crippen LogP contribution is -2.31. The minimum absolute atomic E-state index is 0.0549. The number of thiazole rings is 1. The van der Waals surface area contributed by atoms with Crippen LogP contribution in [0.5, 0.6) is 0 Å². The third-order valence-corrected chi connectivity index (χ3v) is 6.43. The Morgan fingerprint density at radius 1 is 1.26 bits per heavy atom. The summed E-state index contributed by atoms with van der Waals surface area (Å²) in [5, 5.41) is 8.71. The summed E-state index contributed by atoms with van der Waals surface area (Å²) in [6.45, 7) is 2.43. The molecule has 0 saturated carbocycles. The van der Waals surface area contributed by atoms with E-state index in [4.69, 9.17) is 0 Å². The molecular formula is C20H20N4OS2. The molecule has 1 atom stereocenters. The molecule has 27 heavy (non-hydrogen) atoms. The van der Waals surface area contributed by atoms with Crippen molar-refractivity contribution in [3.05, 3.63) is 58.2 Å². The average Bonchev–Trinajstić information content (AvgIpc) is 3.41. The number of hydrogen-bond donors (Lipinski definition) is 2. The fraction of sp³-hybridized carbons (Fsp3) is 0.200. The van der Waals surface area contributed by atoms with Crippen molar-refractivity contribution in [3.8, 4) is 11.3 Å². The monoisotopic (exact) mass is 396 g/mol. The summed E-state index contributed by atoms with van der Waals surface area (Å²) >= 11 is 3.15. The second-order valence-corrected chi connectivity index (χ2v) is 8.28. The van der Waals surface area contributed by atoms with Gasteiger partial charge in [0.15, 0.2) is 5.13 Å². The molecule has 0 aliphatic heterocycles. The molecule has 0 bridgehead atoms. The van der Waals surface area contributed by atoms with E-state index in [0.717, 1.165) is 22.2 Å². The van der Waals surface area contributed by atoms with Gasteiger partial charge in [0.1, 0.15) is 0 Å². The van der Waals surface area contributed by atoms with Crippen LogP contribution in [-0.2, 0) is 4.79 Å². The smallest absolute Gasteiger partial charge is 0.240 e. The van der Waals surface area contributed by atoms with E-state index < -0.39 is 0 Å². The highest BCUT2D eigenvalue weighted by Gasteiger charge is 2.17. The van der Waals surface area contributed by atoms with Crippen molar-refractivity contribution in [1.82, 2.24) is 14.9 Å². The first-order valence-electron chi connectivity index (χ1n) is 8.67. The summed E-state index contributed by atoms with van der Waals surface area (Å²) in [7, 11) is 1.96. The summed E-state index contributed by atoms with van der Waals surface area (Å²) in [4.78, 5) is 23.6. The first-order valence-corrected chi connectivity index (χ1v) is 10.4. The Morgan fingerprint density at radius 3 is 2.93 bits per heavy atom. The van der Waals surface area contributed by atoms with E-state index in [0.29, 0.717) is 11.7 Å². The standard InChI is InChI=1S/C20H20N4OS2/c1-13(18-8-5-9-26-18)24(2)11-19(25)23-20-22-17(12-27-20)15-10-21-16-7-4-3-6-14(15)16/h3-10,12-13,21H,11H2,1-2H3,(H,22,23,25). The number of aromatic nitrogens is 2. The number of anilines is 1. The number of benzene rings is 1. The van der Waals surface area contributed by atoms with Gasteiger partial charge in [-0.05, 0) is 31.5 Å². The normalized spacial score (nSPS) is 12.6. The molecule has 1 amide bonds. The number of para-hydroxylation sites is 1. The van der Waals surface area contributed by atoms with Crippen LogP contribution in [0, 0.1) is 0 Å². The minimum Gasteiger partial charge on any atom is -0.360 e. The molecule has 0 radical (unpaired) electrons. The number of carbonyl (C=O) groups excluding carboxylic acids is 1. The van der Waals surface area contributed by atoms with E-state index in [1.807, 2.05) is 47.8 Å². The Hall–Kier alpha value is -2.48. The molecule has 3 heterocycles. The molecule has 138 valence electrons. The van der Waals surface area contributed by atoms with E-state index in [2.05, 4.69) is 39.7 Å². The number of rotatable bonds is 6. The number of fused-ring (bicyclic) bond motifs is 1. The number of carbonyl (C=O) groups is 1. The third kappa shape index (κ3) is 3.80. The summed E-state index contributed by atoms with van der Waals surface area (Å²) in [5.74, 6) is -0.0549. The summed E-state index contributed by atoms with van der Waals surface area (Å²) in [6, 6.07) is 12.5. The van der Waals surface area contributed by atoms with Gasteiger partial charge < -0.3 is 10.3 Å². The van der Waals surface area contributed by atoms with Crippen molar-refractivity contribution < 1.29 is 4.79 Å². The number of hydrogen-bond acceptors (Lipinski definition) is 5. The Balaban J connectivity index is 1.42. The maximum Gasteiger partial charge on any atom is 0.240 e. The van der Waals surface area contributed by atoms with Crippen molar-refractivity contribution in [2.24, 2.45) is 0 Å². The third-order valence-electron chi connectivity index (χ3n) is 4.62. The molecule has 7 heteroatoms. The molecule has 1 aromatic carbocycles. The largest absolute Gasteiger partial charge is 0.360 e. The first-order chi connectivity index (χ1) is 13.1. The molecule has 0 aliphatic rings. The predicted octanol–water partition coefficient (Wildman–Crippen LogP) is 4.98. The van der Waals surface area contributed by atoms with Gasteiger partial charge in [-0.2, -0.15) is 0 Å². The van der Waals surface area contributed by atoms with Gasteiger partial charge in [0.2, 0.25) is 5.91 Å². The molecule has 3 aromatic heterocycles. The van der Waals surface area contributed by atoms with Gasteiger partial charge >= 0.3 is 0 Å². The number of H-pyrrole nitrogens is 1. The van der Waals surface area contributed by atoms with Crippen molar-refractivity contribution in [3.63, 3.8) is 0 Å². The number of thiophene rings is 1. The zero-order chi connectivity index (χ0) is 18.8. The maximum atomic E-state index is 12.4. The Bertz CT molecular complexity index is 1050. The van der Waals surface area contributed by atoms with Crippen LogP contribution in [0.3, 0.4) is 0 Å². The zero-order valence-corrected chi connectivity index (χ0v) is 16.7. The number of nitrogens with zero attached hydrogens (tertiary/aromatic N) is 2. The number of amides is 1. The van der Waals surface area contributed by atoms with Crippen LogP contribution < -0.4 is 5.32 Å². The van der Waals surface area contributed by atoms with Crippen LogP contribution in [0.1, 0.15) is 17.8 Å². The predicted molar refractivity (Wildman–Crippen MR) is 113 cm³/mol. The Kier molecular flexibility index (Phi) is 5.07. The molecule has 4 rings (SSSR count). The van der Waals surface area contributed by atoms with E-state index in [1.165, 1.54) is 16.2 Å². The second kappa shape index (κ2) is 7.64. The van der Waals surface area contributed by atoms with Gasteiger partial charge in [-0.15, -0.1) is 22.7 Å². The molecule has 0 saturated heterocycles. The van der Waals surface area contributed by atoms with Crippen molar-refractivity contribution in [1.29, 1.82) is 0 Å². The molecule has 1 unspecified atom stereocenters. The van der Waals surface area contributed by atoms with Crippen molar-refractivity contribution in [2.75, 3.05) is 18.9 Å². The number of nitrogens with one attached hydrogen (secondary N) is 2. The van der Waals surface area contributed by atoms with Gasteiger partial charge in [-0.3, -0.25) is 9.69 Å². The van der Waals surface area contributed by atoms with Crippen LogP contribution in [0.25, 0.3) is 22.2 Å². The SMILES string of the molecule is CC(c1cccs1)N(C)CC(=O)Nc1nc(-c2c[nH]c3ccccc23)cs1. The molecule has 2 N–H and O–H groups in total. The Morgan fingerprint density at radius 2 is 2.11 bits per heavy atom. The van der Waals surface area contributed by atoms with E-state index in [9.17, 15) is 4.79 Å². The van der Waals surface area contributed by atoms with Crippen LogP contribution in [0.4, 0.5) is 5.13 Å². The molecule has 4 aromatic rings. The second-order valence-electron chi connectivity index (χ2n) is 6.44. The van der Waals surface area contributed by atoms with E-state index >= 15 is 0 Å². The summed E-state index contributed by atoms with van der Waals surface area (Å²) in [6.07, 6.45) is 1.96. The zero-order valence-electron chi connectivity index (χ0n) is 15.1. The van der Waals surface area contributed by atoms with Gasteiger partial charge in [0.25, 0.3) is 0 Å². The van der Waals surface area contributed by atoms with Gasteiger partial charge in [0.05, 0.1) is 12.2 Å². The van der Waals surface area contributed by atoms with Crippen LogP contribution in [0.15, 0.2) is 53.4 Å². The van der Waals surface area contributed by atoms with Gasteiger partial charge in [-0.25, -0.2) is 4.98 Å².